The molecule has 0 amide bonds. The fourth-order valence-electron chi connectivity index (χ4n) is 0.835. The fourth-order valence-corrected chi connectivity index (χ4v) is 1.21. The first kappa shape index (κ1) is 9.25. The molecular formula is C7H9BrN2O2. The van der Waals surface area contributed by atoms with E-state index in [2.05, 4.69) is 30.9 Å². The molecule has 0 spiro atoms. The van der Waals surface area contributed by atoms with Crippen molar-refractivity contribution >= 4 is 22.4 Å². The maximum absolute atomic E-state index is 9.82. The topological polar surface area (TPSA) is 55.0 Å². The van der Waals surface area contributed by atoms with Crippen LogP contribution in [0.3, 0.4) is 0 Å². The normalized spacial score (nSPS) is 9.83. The highest BCUT2D eigenvalue weighted by Gasteiger charge is 2.05. The third-order valence-corrected chi connectivity index (χ3v) is 2.52. The minimum Gasteiger partial charge on any atom is -0.467 e. The van der Waals surface area contributed by atoms with E-state index in [1.807, 2.05) is 6.92 Å². The maximum Gasteiger partial charge on any atom is 0.293 e. The van der Waals surface area contributed by atoms with Crippen LogP contribution in [0.25, 0.3) is 0 Å². The Balaban J connectivity index is 2.51. The lowest BCUT2D eigenvalue weighted by molar-refractivity contribution is -0.128. The van der Waals surface area contributed by atoms with Crippen molar-refractivity contribution in [3.05, 3.63) is 15.9 Å². The smallest absolute Gasteiger partial charge is 0.293 e. The molecule has 0 fully saturated rings. The predicted molar refractivity (Wildman–Crippen MR) is 46.7 cm³/mol. The van der Waals surface area contributed by atoms with Crippen molar-refractivity contribution in [1.29, 1.82) is 0 Å². The van der Waals surface area contributed by atoms with E-state index in [9.17, 15) is 4.79 Å². The highest BCUT2D eigenvalue weighted by atomic mass is 79.9. The van der Waals surface area contributed by atoms with Crippen LogP contribution in [0.4, 0.5) is 0 Å². The van der Waals surface area contributed by atoms with Gasteiger partial charge in [0.2, 0.25) is 0 Å². The van der Waals surface area contributed by atoms with Crippen molar-refractivity contribution < 1.29 is 9.53 Å². The Morgan fingerprint density at radius 1 is 1.75 bits per heavy atom. The quantitative estimate of drug-likeness (QED) is 0.627. The molecule has 1 aromatic rings. The number of hydrogen-bond acceptors (Lipinski definition) is 3. The lowest BCUT2D eigenvalue weighted by atomic mass is 10.3. The zero-order valence-electron chi connectivity index (χ0n) is 6.63. The van der Waals surface area contributed by atoms with Gasteiger partial charge in [0.1, 0.15) is 0 Å². The number of nitrogens with one attached hydrogen (secondary N) is 1. The van der Waals surface area contributed by atoms with Crippen molar-refractivity contribution in [2.45, 2.75) is 13.3 Å². The minimum absolute atomic E-state index is 0.367. The summed E-state index contributed by atoms with van der Waals surface area (Å²) < 4.78 is 5.50. The number of nitrogens with zero attached hydrogens (tertiary/aromatic N) is 1. The summed E-state index contributed by atoms with van der Waals surface area (Å²) in [5.74, 6) is 0. The van der Waals surface area contributed by atoms with Crippen LogP contribution >= 0.6 is 15.9 Å². The largest absolute Gasteiger partial charge is 0.467 e. The number of rotatable bonds is 4. The first-order valence-corrected chi connectivity index (χ1v) is 4.29. The second kappa shape index (κ2) is 4.25. The Hall–Kier alpha value is -0.840. The zero-order valence-corrected chi connectivity index (χ0v) is 8.22. The molecule has 0 aliphatic rings. The second-order valence-electron chi connectivity index (χ2n) is 2.33. The molecule has 0 aliphatic carbocycles. The van der Waals surface area contributed by atoms with E-state index in [4.69, 9.17) is 0 Å². The molecule has 0 aromatic carbocycles. The third kappa shape index (κ3) is 2.07. The van der Waals surface area contributed by atoms with E-state index in [1.165, 1.54) is 0 Å². The van der Waals surface area contributed by atoms with Gasteiger partial charge in [-0.2, -0.15) is 5.10 Å². The van der Waals surface area contributed by atoms with E-state index >= 15 is 0 Å². The zero-order chi connectivity index (χ0) is 8.97. The molecule has 1 aromatic heterocycles. The molecule has 4 nitrogen and oxygen atoms in total. The number of ether oxygens (including phenoxy) is 1. The highest BCUT2D eigenvalue weighted by molar-refractivity contribution is 9.10. The minimum atomic E-state index is 0.367. The molecule has 0 atom stereocenters. The van der Waals surface area contributed by atoms with Crippen LogP contribution in [-0.2, 0) is 16.0 Å². The first-order chi connectivity index (χ1) is 5.75. The second-order valence-corrected chi connectivity index (χ2v) is 3.12. The van der Waals surface area contributed by atoms with Crippen molar-refractivity contribution in [2.75, 3.05) is 6.61 Å². The highest BCUT2D eigenvalue weighted by Crippen LogP contribution is 2.18. The van der Waals surface area contributed by atoms with E-state index in [1.54, 1.807) is 0 Å². The van der Waals surface area contributed by atoms with Crippen molar-refractivity contribution in [3.8, 4) is 0 Å². The van der Waals surface area contributed by atoms with Gasteiger partial charge in [-0.3, -0.25) is 9.89 Å². The van der Waals surface area contributed by atoms with Crippen LogP contribution in [0.15, 0.2) is 4.47 Å². The summed E-state index contributed by atoms with van der Waals surface area (Å²) in [6.45, 7) is 2.72. The number of aromatic amines is 1. The molecule has 0 unspecified atom stereocenters. The van der Waals surface area contributed by atoms with Crippen LogP contribution < -0.4 is 0 Å². The Kier molecular flexibility index (Phi) is 3.28. The maximum atomic E-state index is 9.82. The Bertz CT molecular complexity index is 272. The molecule has 0 radical (unpaired) electrons. The number of H-pyrrole nitrogens is 1. The Morgan fingerprint density at radius 3 is 3.00 bits per heavy atom. The van der Waals surface area contributed by atoms with Gasteiger partial charge in [-0.05, 0) is 22.9 Å². The fraction of sp³-hybridized carbons (Fsp3) is 0.429. The molecule has 1 N–H and O–H groups in total. The molecule has 0 saturated carbocycles. The van der Waals surface area contributed by atoms with Gasteiger partial charge in [-0.15, -0.1) is 0 Å². The van der Waals surface area contributed by atoms with Crippen molar-refractivity contribution in [3.63, 3.8) is 0 Å². The lowest BCUT2D eigenvalue weighted by Gasteiger charge is -1.95. The van der Waals surface area contributed by atoms with Crippen LogP contribution in [0.1, 0.15) is 11.4 Å². The molecule has 0 aliphatic heterocycles. The number of aromatic nitrogens is 2. The Labute approximate surface area is 78.4 Å². The standard InChI is InChI=1S/C7H9BrN2O2/c1-5-7(8)6(10-9-5)2-3-12-4-11/h4H,2-3H2,1H3,(H,9,10). The average Bonchev–Trinajstić information content (AvgIpc) is 2.36. The Morgan fingerprint density at radius 2 is 2.50 bits per heavy atom. The van der Waals surface area contributed by atoms with Gasteiger partial charge in [0.15, 0.2) is 0 Å². The predicted octanol–water partition coefficient (Wildman–Crippen LogP) is 1.20. The van der Waals surface area contributed by atoms with Gasteiger partial charge in [0.25, 0.3) is 6.47 Å². The summed E-state index contributed by atoms with van der Waals surface area (Å²) in [5.41, 5.74) is 1.87. The number of aryl methyl sites for hydroxylation is 1. The summed E-state index contributed by atoms with van der Waals surface area (Å²) in [6.07, 6.45) is 0.629. The first-order valence-electron chi connectivity index (χ1n) is 3.50. The summed E-state index contributed by atoms with van der Waals surface area (Å²) in [6, 6.07) is 0. The van der Waals surface area contributed by atoms with Gasteiger partial charge in [-0.1, -0.05) is 0 Å². The SMILES string of the molecule is Cc1[nH]nc(CCOC=O)c1Br. The number of halogens is 1. The number of carbonyl (C=O) groups excluding carboxylic acids is 1. The molecule has 66 valence electrons. The number of carbonyl (C=O) groups is 1. The molecule has 5 heteroatoms. The molecule has 12 heavy (non-hydrogen) atoms. The summed E-state index contributed by atoms with van der Waals surface area (Å²) in [5, 5.41) is 6.84. The molecule has 1 heterocycles. The van der Waals surface area contributed by atoms with Crippen LogP contribution in [-0.4, -0.2) is 23.3 Å². The molecule has 0 saturated heterocycles. The van der Waals surface area contributed by atoms with Gasteiger partial charge >= 0.3 is 0 Å². The van der Waals surface area contributed by atoms with Crippen molar-refractivity contribution in [1.82, 2.24) is 10.2 Å². The summed E-state index contributed by atoms with van der Waals surface area (Å²) >= 11 is 3.36. The van der Waals surface area contributed by atoms with Gasteiger partial charge in [0, 0.05) is 12.1 Å². The summed E-state index contributed by atoms with van der Waals surface area (Å²) in [7, 11) is 0. The van der Waals surface area contributed by atoms with Crippen molar-refractivity contribution in [2.24, 2.45) is 0 Å². The number of hydrogen-bond donors (Lipinski definition) is 1. The van der Waals surface area contributed by atoms with Crippen LogP contribution in [0.2, 0.25) is 0 Å². The van der Waals surface area contributed by atoms with E-state index < -0.39 is 0 Å². The van der Waals surface area contributed by atoms with Gasteiger partial charge in [-0.25, -0.2) is 0 Å². The average molecular weight is 233 g/mol. The summed E-state index contributed by atoms with van der Waals surface area (Å²) in [4.78, 5) is 9.82. The third-order valence-electron chi connectivity index (χ3n) is 1.47. The van der Waals surface area contributed by atoms with Gasteiger partial charge < -0.3 is 4.74 Å². The monoisotopic (exact) mass is 232 g/mol. The van der Waals surface area contributed by atoms with E-state index in [-0.39, 0.29) is 0 Å². The molecular weight excluding hydrogens is 224 g/mol. The van der Waals surface area contributed by atoms with E-state index in [0.29, 0.717) is 19.5 Å². The van der Waals surface area contributed by atoms with Crippen LogP contribution in [0.5, 0.6) is 0 Å². The molecule has 0 bridgehead atoms. The lowest BCUT2D eigenvalue weighted by Crippen LogP contribution is -1.97. The van der Waals surface area contributed by atoms with Gasteiger partial charge in [0.05, 0.1) is 16.8 Å². The van der Waals surface area contributed by atoms with E-state index in [0.717, 1.165) is 15.9 Å². The molecule has 1 rings (SSSR count). The van der Waals surface area contributed by atoms with Crippen LogP contribution in [0, 0.1) is 6.92 Å².